The highest BCUT2D eigenvalue weighted by atomic mass is 16.5. The van der Waals surface area contributed by atoms with Gasteiger partial charge in [-0.1, -0.05) is 0 Å². The molecule has 1 aromatic rings. The number of amides is 1. The summed E-state index contributed by atoms with van der Waals surface area (Å²) in [6.45, 7) is -0.148. The van der Waals surface area contributed by atoms with E-state index in [-0.39, 0.29) is 17.9 Å². The van der Waals surface area contributed by atoms with Crippen molar-refractivity contribution in [1.29, 1.82) is 0 Å². The third kappa shape index (κ3) is 2.94. The van der Waals surface area contributed by atoms with Crippen LogP contribution in [0.3, 0.4) is 0 Å². The number of esters is 1. The molecule has 16 heavy (non-hydrogen) atoms. The maximum atomic E-state index is 11.7. The van der Waals surface area contributed by atoms with E-state index in [1.165, 1.54) is 37.5 Å². The van der Waals surface area contributed by atoms with Gasteiger partial charge in [-0.15, -0.1) is 0 Å². The normalized spacial score (nSPS) is 9.62. The summed E-state index contributed by atoms with van der Waals surface area (Å²) in [6, 6.07) is 1.28. The molecule has 6 nitrogen and oxygen atoms in total. The first-order valence-corrected chi connectivity index (χ1v) is 4.51. The predicted molar refractivity (Wildman–Crippen MR) is 54.9 cm³/mol. The fraction of sp³-hybridized carbons (Fsp3) is 0.300. The molecule has 0 unspecified atom stereocenters. The van der Waals surface area contributed by atoms with Crippen molar-refractivity contribution in [3.05, 3.63) is 24.0 Å². The second-order valence-corrected chi connectivity index (χ2v) is 3.17. The first kappa shape index (κ1) is 12.0. The van der Waals surface area contributed by atoms with Crippen LogP contribution in [-0.2, 0) is 9.53 Å². The van der Waals surface area contributed by atoms with Crippen molar-refractivity contribution in [3.63, 3.8) is 0 Å². The SMILES string of the molecule is COC(=O)CN(C)C(=O)c1cncc(O)c1. The van der Waals surface area contributed by atoms with Crippen LogP contribution in [0.2, 0.25) is 0 Å². The maximum Gasteiger partial charge on any atom is 0.325 e. The molecular formula is C10H12N2O4. The fourth-order valence-corrected chi connectivity index (χ4v) is 1.10. The summed E-state index contributed by atoms with van der Waals surface area (Å²) in [4.78, 5) is 27.5. The number of carbonyl (C=O) groups is 2. The van der Waals surface area contributed by atoms with E-state index in [9.17, 15) is 9.59 Å². The molecular weight excluding hydrogens is 212 g/mol. The van der Waals surface area contributed by atoms with Gasteiger partial charge in [0, 0.05) is 13.2 Å². The summed E-state index contributed by atoms with van der Waals surface area (Å²) >= 11 is 0. The van der Waals surface area contributed by atoms with Crippen molar-refractivity contribution in [1.82, 2.24) is 9.88 Å². The number of methoxy groups -OCH3 is 1. The Kier molecular flexibility index (Phi) is 3.82. The van der Waals surface area contributed by atoms with Crippen molar-refractivity contribution >= 4 is 11.9 Å². The Bertz CT molecular complexity index is 406. The summed E-state index contributed by atoms with van der Waals surface area (Å²) in [7, 11) is 2.71. The van der Waals surface area contributed by atoms with Gasteiger partial charge in [0.25, 0.3) is 5.91 Å². The number of carbonyl (C=O) groups excluding carboxylic acids is 2. The van der Waals surface area contributed by atoms with Gasteiger partial charge >= 0.3 is 5.97 Å². The van der Waals surface area contributed by atoms with E-state index < -0.39 is 11.9 Å². The molecule has 0 aliphatic carbocycles. The molecule has 0 aliphatic rings. The number of ether oxygens (including phenoxy) is 1. The third-order valence-electron chi connectivity index (χ3n) is 1.91. The van der Waals surface area contributed by atoms with Crippen LogP contribution in [0.4, 0.5) is 0 Å². The Balaban J connectivity index is 2.74. The molecule has 1 aromatic heterocycles. The zero-order valence-corrected chi connectivity index (χ0v) is 9.01. The Morgan fingerprint density at radius 1 is 1.50 bits per heavy atom. The minimum Gasteiger partial charge on any atom is -0.506 e. The Hall–Kier alpha value is -2.11. The summed E-state index contributed by atoms with van der Waals surface area (Å²) in [5, 5.41) is 9.15. The number of hydrogen-bond donors (Lipinski definition) is 1. The molecule has 0 aliphatic heterocycles. The van der Waals surface area contributed by atoms with Gasteiger partial charge in [0.2, 0.25) is 0 Å². The van der Waals surface area contributed by atoms with Crippen LogP contribution in [0.5, 0.6) is 5.75 Å². The minimum atomic E-state index is -0.510. The fourth-order valence-electron chi connectivity index (χ4n) is 1.10. The zero-order chi connectivity index (χ0) is 12.1. The van der Waals surface area contributed by atoms with E-state index in [0.29, 0.717) is 0 Å². The van der Waals surface area contributed by atoms with Gasteiger partial charge in [-0.3, -0.25) is 14.6 Å². The molecule has 0 atom stereocenters. The monoisotopic (exact) mass is 224 g/mol. The average Bonchev–Trinajstić information content (AvgIpc) is 2.27. The topological polar surface area (TPSA) is 79.7 Å². The van der Waals surface area contributed by atoms with Crippen LogP contribution in [0, 0.1) is 0 Å². The third-order valence-corrected chi connectivity index (χ3v) is 1.91. The van der Waals surface area contributed by atoms with Gasteiger partial charge in [0.15, 0.2) is 0 Å². The van der Waals surface area contributed by atoms with Gasteiger partial charge in [0.05, 0.1) is 18.9 Å². The van der Waals surface area contributed by atoms with Crippen LogP contribution in [-0.4, -0.2) is 47.6 Å². The number of nitrogens with zero attached hydrogens (tertiary/aromatic N) is 2. The largest absolute Gasteiger partial charge is 0.506 e. The molecule has 0 bridgehead atoms. The van der Waals surface area contributed by atoms with Crippen molar-refractivity contribution < 1.29 is 19.4 Å². The van der Waals surface area contributed by atoms with Gasteiger partial charge < -0.3 is 14.7 Å². The Morgan fingerprint density at radius 3 is 2.75 bits per heavy atom. The number of likely N-dealkylation sites (N-methyl/N-ethyl adjacent to an activating group) is 1. The number of aromatic hydroxyl groups is 1. The molecule has 0 aromatic carbocycles. The first-order valence-electron chi connectivity index (χ1n) is 4.51. The van der Waals surface area contributed by atoms with E-state index in [4.69, 9.17) is 5.11 Å². The molecule has 6 heteroatoms. The molecule has 1 amide bonds. The quantitative estimate of drug-likeness (QED) is 0.733. The lowest BCUT2D eigenvalue weighted by molar-refractivity contribution is -0.141. The standard InChI is InChI=1S/C10H12N2O4/c1-12(6-9(14)16-2)10(15)7-3-8(13)5-11-4-7/h3-5,13H,6H2,1-2H3. The molecule has 1 N–H and O–H groups in total. The van der Waals surface area contributed by atoms with Crippen molar-refractivity contribution in [3.8, 4) is 5.75 Å². The van der Waals surface area contributed by atoms with Crippen molar-refractivity contribution in [2.24, 2.45) is 0 Å². The van der Waals surface area contributed by atoms with Crippen LogP contribution in [0.1, 0.15) is 10.4 Å². The van der Waals surface area contributed by atoms with Gasteiger partial charge in [-0.05, 0) is 6.07 Å². The highest BCUT2D eigenvalue weighted by Gasteiger charge is 2.15. The van der Waals surface area contributed by atoms with Gasteiger partial charge in [-0.25, -0.2) is 0 Å². The van der Waals surface area contributed by atoms with Gasteiger partial charge in [0.1, 0.15) is 12.3 Å². The molecule has 0 radical (unpaired) electrons. The molecule has 0 saturated carbocycles. The smallest absolute Gasteiger partial charge is 0.325 e. The zero-order valence-electron chi connectivity index (χ0n) is 9.01. The van der Waals surface area contributed by atoms with E-state index in [1.807, 2.05) is 0 Å². The number of rotatable bonds is 3. The second-order valence-electron chi connectivity index (χ2n) is 3.17. The Labute approximate surface area is 92.5 Å². The van der Waals surface area contributed by atoms with Crippen LogP contribution >= 0.6 is 0 Å². The minimum absolute atomic E-state index is 0.0997. The highest BCUT2D eigenvalue weighted by Crippen LogP contribution is 2.10. The van der Waals surface area contributed by atoms with E-state index in [2.05, 4.69) is 9.72 Å². The van der Waals surface area contributed by atoms with Crippen LogP contribution in [0.15, 0.2) is 18.5 Å². The van der Waals surface area contributed by atoms with Gasteiger partial charge in [-0.2, -0.15) is 0 Å². The average molecular weight is 224 g/mol. The molecule has 1 heterocycles. The van der Waals surface area contributed by atoms with Crippen LogP contribution < -0.4 is 0 Å². The molecule has 0 saturated heterocycles. The molecule has 0 spiro atoms. The lowest BCUT2D eigenvalue weighted by Crippen LogP contribution is -2.32. The second kappa shape index (κ2) is 5.11. The highest BCUT2D eigenvalue weighted by molar-refractivity contribution is 5.95. The summed E-state index contributed by atoms with van der Waals surface area (Å²) in [5.41, 5.74) is 0.214. The van der Waals surface area contributed by atoms with Crippen LogP contribution in [0.25, 0.3) is 0 Å². The summed E-state index contributed by atoms with van der Waals surface area (Å²) in [6.07, 6.45) is 2.53. The lowest BCUT2D eigenvalue weighted by Gasteiger charge is -2.15. The molecule has 1 rings (SSSR count). The first-order chi connectivity index (χ1) is 7.54. The van der Waals surface area contributed by atoms with Crippen molar-refractivity contribution in [2.75, 3.05) is 20.7 Å². The maximum absolute atomic E-state index is 11.7. The van der Waals surface area contributed by atoms with E-state index in [0.717, 1.165) is 0 Å². The Morgan fingerprint density at radius 2 is 2.19 bits per heavy atom. The lowest BCUT2D eigenvalue weighted by atomic mass is 10.2. The van der Waals surface area contributed by atoms with E-state index >= 15 is 0 Å². The number of pyridine rings is 1. The van der Waals surface area contributed by atoms with Crippen molar-refractivity contribution in [2.45, 2.75) is 0 Å². The number of aromatic nitrogens is 1. The number of hydrogen-bond acceptors (Lipinski definition) is 5. The summed E-state index contributed by atoms with van der Waals surface area (Å²) < 4.78 is 4.43. The van der Waals surface area contributed by atoms with E-state index in [1.54, 1.807) is 0 Å². The molecule has 0 fully saturated rings. The molecule has 86 valence electrons. The predicted octanol–water partition coefficient (Wildman–Crippen LogP) is 0.0322. The summed E-state index contributed by atoms with van der Waals surface area (Å²) in [5.74, 6) is -1.02.